The van der Waals surface area contributed by atoms with E-state index in [-0.39, 0.29) is 18.4 Å². The zero-order chi connectivity index (χ0) is 16.4. The predicted molar refractivity (Wildman–Crippen MR) is 91.5 cm³/mol. The van der Waals surface area contributed by atoms with Crippen LogP contribution in [-0.2, 0) is 9.59 Å². The van der Waals surface area contributed by atoms with E-state index in [1.807, 2.05) is 43.0 Å². The Bertz CT molecular complexity index is 604. The van der Waals surface area contributed by atoms with Crippen LogP contribution in [0.1, 0.15) is 39.5 Å². The normalized spacial score (nSPS) is 20.5. The van der Waals surface area contributed by atoms with E-state index in [4.69, 9.17) is 0 Å². The number of carbonyl (C=O) groups is 2. The molecule has 2 heterocycles. The van der Waals surface area contributed by atoms with Crippen LogP contribution in [0.15, 0.2) is 24.3 Å². The summed E-state index contributed by atoms with van der Waals surface area (Å²) in [5, 5.41) is 3.26. The fourth-order valence-corrected chi connectivity index (χ4v) is 3.36. The van der Waals surface area contributed by atoms with Gasteiger partial charge in [-0.2, -0.15) is 0 Å². The van der Waals surface area contributed by atoms with Crippen LogP contribution in [0, 0.1) is 0 Å². The molecule has 0 atom stereocenters. The predicted octanol–water partition coefficient (Wildman–Crippen LogP) is 2.63. The minimum atomic E-state index is -0.701. The second-order valence-electron chi connectivity index (χ2n) is 6.95. The standard InChI is InChI=1S/C18H25N3O2/c1-18(2)17(23)21(15-10-6-5-9-14(15)19-18)13-16(22)20-11-7-3-4-8-12-20/h5-6,9-10,19H,3-4,7-8,11-13H2,1-2H3. The van der Waals surface area contributed by atoms with Crippen molar-refractivity contribution in [3.8, 4) is 0 Å². The maximum Gasteiger partial charge on any atom is 0.252 e. The van der Waals surface area contributed by atoms with Gasteiger partial charge in [-0.05, 0) is 38.8 Å². The van der Waals surface area contributed by atoms with Crippen LogP contribution in [0.25, 0.3) is 0 Å². The minimum absolute atomic E-state index is 0.0488. The molecule has 2 aliphatic rings. The van der Waals surface area contributed by atoms with Gasteiger partial charge >= 0.3 is 0 Å². The summed E-state index contributed by atoms with van der Waals surface area (Å²) in [5.74, 6) is -0.00729. The van der Waals surface area contributed by atoms with Gasteiger partial charge in [0.15, 0.2) is 0 Å². The highest BCUT2D eigenvalue weighted by Crippen LogP contribution is 2.34. The lowest BCUT2D eigenvalue weighted by Crippen LogP contribution is -2.56. The monoisotopic (exact) mass is 315 g/mol. The van der Waals surface area contributed by atoms with Crippen LogP contribution in [0.3, 0.4) is 0 Å². The molecule has 0 unspecified atom stereocenters. The molecule has 0 bridgehead atoms. The van der Waals surface area contributed by atoms with Crippen molar-refractivity contribution in [3.05, 3.63) is 24.3 Å². The Morgan fingerprint density at radius 3 is 2.48 bits per heavy atom. The van der Waals surface area contributed by atoms with Gasteiger partial charge in [0.1, 0.15) is 12.1 Å². The summed E-state index contributed by atoms with van der Waals surface area (Å²) in [7, 11) is 0. The second kappa shape index (κ2) is 6.22. The summed E-state index contributed by atoms with van der Waals surface area (Å²) in [6, 6.07) is 7.68. The molecule has 0 radical (unpaired) electrons. The van der Waals surface area contributed by atoms with Crippen molar-refractivity contribution in [2.24, 2.45) is 0 Å². The van der Waals surface area contributed by atoms with Crippen LogP contribution in [0.2, 0.25) is 0 Å². The molecule has 5 heteroatoms. The topological polar surface area (TPSA) is 52.7 Å². The number of anilines is 2. The number of likely N-dealkylation sites (tertiary alicyclic amines) is 1. The van der Waals surface area contributed by atoms with Gasteiger partial charge in [0, 0.05) is 13.1 Å². The lowest BCUT2D eigenvalue weighted by atomic mass is 9.98. The molecular formula is C18H25N3O2. The first-order chi connectivity index (χ1) is 11.0. The smallest absolute Gasteiger partial charge is 0.252 e. The number of benzene rings is 1. The second-order valence-corrected chi connectivity index (χ2v) is 6.95. The molecule has 0 spiro atoms. The van der Waals surface area contributed by atoms with Crippen LogP contribution >= 0.6 is 0 Å². The molecule has 3 rings (SSSR count). The average Bonchev–Trinajstić information content (AvgIpc) is 2.80. The third kappa shape index (κ3) is 3.19. The lowest BCUT2D eigenvalue weighted by Gasteiger charge is -2.40. The molecule has 5 nitrogen and oxygen atoms in total. The summed E-state index contributed by atoms with van der Waals surface area (Å²) < 4.78 is 0. The maximum absolute atomic E-state index is 12.8. The highest BCUT2D eigenvalue weighted by atomic mass is 16.2. The number of hydrogen-bond acceptors (Lipinski definition) is 3. The van der Waals surface area contributed by atoms with Gasteiger partial charge in [0.25, 0.3) is 5.91 Å². The van der Waals surface area contributed by atoms with Gasteiger partial charge in [-0.15, -0.1) is 0 Å². The number of fused-ring (bicyclic) bond motifs is 1. The van der Waals surface area contributed by atoms with Gasteiger partial charge in [-0.3, -0.25) is 14.5 Å². The van der Waals surface area contributed by atoms with Gasteiger partial charge in [-0.1, -0.05) is 25.0 Å². The Morgan fingerprint density at radius 1 is 1.13 bits per heavy atom. The summed E-state index contributed by atoms with van der Waals surface area (Å²) in [5.41, 5.74) is 0.994. The van der Waals surface area contributed by atoms with E-state index in [9.17, 15) is 9.59 Å². The number of nitrogens with one attached hydrogen (secondary N) is 1. The van der Waals surface area contributed by atoms with E-state index in [0.717, 1.165) is 37.3 Å². The molecule has 2 amide bonds. The summed E-state index contributed by atoms with van der Waals surface area (Å²) in [6.45, 7) is 5.46. The average molecular weight is 315 g/mol. The van der Waals surface area contributed by atoms with Crippen LogP contribution in [0.5, 0.6) is 0 Å². The molecule has 124 valence electrons. The van der Waals surface area contributed by atoms with E-state index in [1.165, 1.54) is 12.8 Å². The summed E-state index contributed by atoms with van der Waals surface area (Å²) in [4.78, 5) is 29.0. The van der Waals surface area contributed by atoms with Gasteiger partial charge in [0.05, 0.1) is 11.4 Å². The zero-order valence-corrected chi connectivity index (χ0v) is 14.0. The van der Waals surface area contributed by atoms with Crippen molar-refractivity contribution in [3.63, 3.8) is 0 Å². The molecule has 0 aliphatic carbocycles. The summed E-state index contributed by atoms with van der Waals surface area (Å²) in [6.07, 6.45) is 4.49. The first kappa shape index (κ1) is 15.8. The van der Waals surface area contributed by atoms with Gasteiger partial charge in [0.2, 0.25) is 5.91 Å². The van der Waals surface area contributed by atoms with Crippen LogP contribution in [-0.4, -0.2) is 41.9 Å². The van der Waals surface area contributed by atoms with Gasteiger partial charge < -0.3 is 10.2 Å². The Kier molecular flexibility index (Phi) is 4.28. The number of rotatable bonds is 2. The summed E-state index contributed by atoms with van der Waals surface area (Å²) >= 11 is 0. The largest absolute Gasteiger partial charge is 0.370 e. The SMILES string of the molecule is CC1(C)Nc2ccccc2N(CC(=O)N2CCCCCC2)C1=O. The fraction of sp³-hybridized carbons (Fsp3) is 0.556. The van der Waals surface area contributed by atoms with E-state index < -0.39 is 5.54 Å². The third-order valence-electron chi connectivity index (χ3n) is 4.67. The van der Waals surface area contributed by atoms with Crippen LogP contribution in [0.4, 0.5) is 11.4 Å². The van der Waals surface area contributed by atoms with E-state index >= 15 is 0 Å². The molecule has 1 fully saturated rings. The number of para-hydroxylation sites is 2. The minimum Gasteiger partial charge on any atom is -0.370 e. The van der Waals surface area contributed by atoms with Crippen LogP contribution < -0.4 is 10.2 Å². The number of carbonyl (C=O) groups excluding carboxylic acids is 2. The number of hydrogen-bond donors (Lipinski definition) is 1. The van der Waals surface area contributed by atoms with E-state index in [1.54, 1.807) is 4.90 Å². The number of nitrogens with zero attached hydrogens (tertiary/aromatic N) is 2. The molecule has 0 saturated carbocycles. The van der Waals surface area contributed by atoms with Crippen molar-refractivity contribution < 1.29 is 9.59 Å². The van der Waals surface area contributed by atoms with E-state index in [2.05, 4.69) is 5.32 Å². The molecule has 1 aromatic rings. The molecule has 23 heavy (non-hydrogen) atoms. The molecular weight excluding hydrogens is 290 g/mol. The van der Waals surface area contributed by atoms with Gasteiger partial charge in [-0.25, -0.2) is 0 Å². The van der Waals surface area contributed by atoms with Crippen molar-refractivity contribution in [2.45, 2.75) is 45.1 Å². The fourth-order valence-electron chi connectivity index (χ4n) is 3.36. The first-order valence-electron chi connectivity index (χ1n) is 8.46. The van der Waals surface area contributed by atoms with Crippen molar-refractivity contribution in [1.29, 1.82) is 0 Å². The highest BCUT2D eigenvalue weighted by Gasteiger charge is 2.39. The molecule has 2 aliphatic heterocycles. The van der Waals surface area contributed by atoms with E-state index in [0.29, 0.717) is 0 Å². The Labute approximate surface area is 137 Å². The van der Waals surface area contributed by atoms with Crippen molar-refractivity contribution >= 4 is 23.2 Å². The molecule has 1 aromatic carbocycles. The lowest BCUT2D eigenvalue weighted by molar-refractivity contribution is -0.132. The quantitative estimate of drug-likeness (QED) is 0.913. The maximum atomic E-state index is 12.8. The Hall–Kier alpha value is -2.04. The van der Waals surface area contributed by atoms with Crippen molar-refractivity contribution in [2.75, 3.05) is 29.9 Å². The molecule has 1 N–H and O–H groups in total. The Morgan fingerprint density at radius 2 is 1.78 bits per heavy atom. The Balaban J connectivity index is 1.82. The zero-order valence-electron chi connectivity index (χ0n) is 14.0. The van der Waals surface area contributed by atoms with Crippen molar-refractivity contribution in [1.82, 2.24) is 4.90 Å². The first-order valence-corrected chi connectivity index (χ1v) is 8.46. The molecule has 0 aromatic heterocycles. The molecule has 1 saturated heterocycles. The number of amides is 2. The highest BCUT2D eigenvalue weighted by molar-refractivity contribution is 6.09. The third-order valence-corrected chi connectivity index (χ3v) is 4.67.